The van der Waals surface area contributed by atoms with E-state index in [1.54, 1.807) is 42.2 Å². The normalized spacial score (nSPS) is 16.1. The number of nitrogens with zero attached hydrogens (tertiary/aromatic N) is 1. The van der Waals surface area contributed by atoms with Gasteiger partial charge in [0.2, 0.25) is 0 Å². The summed E-state index contributed by atoms with van der Waals surface area (Å²) in [5.74, 6) is -0.142. The van der Waals surface area contributed by atoms with Crippen LogP contribution in [0.5, 0.6) is 0 Å². The first-order valence-corrected chi connectivity index (χ1v) is 9.82. The number of amides is 3. The highest BCUT2D eigenvalue weighted by atomic mass is 19.4. The summed E-state index contributed by atoms with van der Waals surface area (Å²) in [4.78, 5) is 26.4. The molecule has 1 aliphatic rings. The number of halogens is 3. The molecule has 2 aromatic carbocycles. The highest BCUT2D eigenvalue weighted by Crippen LogP contribution is 2.30. The molecule has 0 bridgehead atoms. The van der Waals surface area contributed by atoms with E-state index < -0.39 is 17.8 Å². The van der Waals surface area contributed by atoms with E-state index in [4.69, 9.17) is 0 Å². The van der Waals surface area contributed by atoms with Crippen LogP contribution in [0.4, 0.5) is 18.0 Å². The number of nitrogens with one attached hydrogen (secondary N) is 2. The number of rotatable bonds is 4. The number of benzene rings is 2. The van der Waals surface area contributed by atoms with Crippen molar-refractivity contribution in [3.05, 3.63) is 71.3 Å². The minimum Gasteiger partial charge on any atom is -0.349 e. The zero-order valence-electron chi connectivity index (χ0n) is 16.6. The molecule has 30 heavy (non-hydrogen) atoms. The van der Waals surface area contributed by atoms with Gasteiger partial charge in [0.1, 0.15) is 0 Å². The zero-order valence-corrected chi connectivity index (χ0v) is 16.6. The Bertz CT molecular complexity index is 879. The summed E-state index contributed by atoms with van der Waals surface area (Å²) in [6.07, 6.45) is -3.19. The second-order valence-electron chi connectivity index (χ2n) is 7.40. The Hall–Kier alpha value is -3.03. The van der Waals surface area contributed by atoms with Crippen LogP contribution in [0.25, 0.3) is 0 Å². The van der Waals surface area contributed by atoms with Gasteiger partial charge in [-0.25, -0.2) is 4.79 Å². The molecule has 2 N–H and O–H groups in total. The summed E-state index contributed by atoms with van der Waals surface area (Å²) in [6.45, 7) is 2.57. The van der Waals surface area contributed by atoms with Crippen molar-refractivity contribution < 1.29 is 22.8 Å². The smallest absolute Gasteiger partial charge is 0.349 e. The van der Waals surface area contributed by atoms with Crippen LogP contribution in [0.2, 0.25) is 0 Å². The Morgan fingerprint density at radius 3 is 2.33 bits per heavy atom. The molecule has 8 heteroatoms. The van der Waals surface area contributed by atoms with Gasteiger partial charge in [-0.2, -0.15) is 13.2 Å². The van der Waals surface area contributed by atoms with Crippen molar-refractivity contribution in [1.29, 1.82) is 0 Å². The lowest BCUT2D eigenvalue weighted by Crippen LogP contribution is -2.49. The average Bonchev–Trinajstić information content (AvgIpc) is 2.74. The Labute approximate surface area is 173 Å². The molecule has 1 unspecified atom stereocenters. The second-order valence-corrected chi connectivity index (χ2v) is 7.40. The van der Waals surface area contributed by atoms with Gasteiger partial charge in [0.25, 0.3) is 5.91 Å². The van der Waals surface area contributed by atoms with Crippen LogP contribution >= 0.6 is 0 Å². The Balaban J connectivity index is 1.50. The van der Waals surface area contributed by atoms with Gasteiger partial charge >= 0.3 is 12.2 Å². The Kier molecular flexibility index (Phi) is 6.64. The number of carbonyl (C=O) groups is 2. The van der Waals surface area contributed by atoms with E-state index in [2.05, 4.69) is 10.6 Å². The van der Waals surface area contributed by atoms with E-state index in [9.17, 15) is 22.8 Å². The minimum absolute atomic E-state index is 0.0253. The Morgan fingerprint density at radius 2 is 1.70 bits per heavy atom. The molecule has 160 valence electrons. The van der Waals surface area contributed by atoms with E-state index >= 15 is 0 Å². The van der Waals surface area contributed by atoms with Gasteiger partial charge in [0, 0.05) is 24.7 Å². The summed E-state index contributed by atoms with van der Waals surface area (Å²) in [5, 5.41) is 5.74. The molecule has 0 aromatic heterocycles. The van der Waals surface area contributed by atoms with Crippen LogP contribution in [0.1, 0.15) is 47.3 Å². The molecule has 3 rings (SSSR count). The van der Waals surface area contributed by atoms with E-state index in [0.717, 1.165) is 12.1 Å². The van der Waals surface area contributed by atoms with E-state index in [1.807, 2.05) is 6.07 Å². The third-order valence-corrected chi connectivity index (χ3v) is 5.21. The summed E-state index contributed by atoms with van der Waals surface area (Å²) in [7, 11) is 0. The summed E-state index contributed by atoms with van der Waals surface area (Å²) in [5.41, 5.74) is 0.242. The van der Waals surface area contributed by atoms with Crippen molar-refractivity contribution in [2.75, 3.05) is 13.1 Å². The first-order valence-electron chi connectivity index (χ1n) is 9.82. The molecule has 2 aromatic rings. The summed E-state index contributed by atoms with van der Waals surface area (Å²) >= 11 is 0. The third-order valence-electron chi connectivity index (χ3n) is 5.21. The maximum absolute atomic E-state index is 12.9. The van der Waals surface area contributed by atoms with Crippen molar-refractivity contribution in [1.82, 2.24) is 15.5 Å². The standard InChI is InChI=1S/C22H24F3N3O2/c1-15(17-8-5-9-18(14-17)22(23,24)25)26-21(30)28-12-10-19(11-13-28)27-20(29)16-6-3-2-4-7-16/h2-9,14-15,19H,10-13H2,1H3,(H,26,30)(H,27,29). The topological polar surface area (TPSA) is 61.4 Å². The molecule has 1 fully saturated rings. The predicted octanol–water partition coefficient (Wildman–Crippen LogP) is 4.37. The van der Waals surface area contributed by atoms with Crippen LogP contribution < -0.4 is 10.6 Å². The van der Waals surface area contributed by atoms with Gasteiger partial charge in [-0.1, -0.05) is 30.3 Å². The number of piperidine rings is 1. The molecule has 1 saturated heterocycles. The van der Waals surface area contributed by atoms with Crippen LogP contribution in [0.15, 0.2) is 54.6 Å². The number of hydrogen-bond donors (Lipinski definition) is 2. The third kappa shape index (κ3) is 5.52. The van der Waals surface area contributed by atoms with E-state index in [-0.39, 0.29) is 18.0 Å². The van der Waals surface area contributed by atoms with Crippen LogP contribution in [0, 0.1) is 0 Å². The molecule has 0 aliphatic carbocycles. The summed E-state index contributed by atoms with van der Waals surface area (Å²) in [6, 6.07) is 13.0. The van der Waals surface area contributed by atoms with Gasteiger partial charge in [-0.3, -0.25) is 4.79 Å². The van der Waals surface area contributed by atoms with E-state index in [0.29, 0.717) is 37.1 Å². The molecule has 1 heterocycles. The zero-order chi connectivity index (χ0) is 21.7. The predicted molar refractivity (Wildman–Crippen MR) is 107 cm³/mol. The maximum Gasteiger partial charge on any atom is 0.416 e. The largest absolute Gasteiger partial charge is 0.416 e. The number of hydrogen-bond acceptors (Lipinski definition) is 2. The van der Waals surface area contributed by atoms with Crippen LogP contribution in [0.3, 0.4) is 0 Å². The first kappa shape index (κ1) is 21.7. The molecule has 3 amide bonds. The molecule has 0 saturated carbocycles. The highest BCUT2D eigenvalue weighted by Gasteiger charge is 2.31. The van der Waals surface area contributed by atoms with Gasteiger partial charge in [-0.05, 0) is 49.6 Å². The lowest BCUT2D eigenvalue weighted by molar-refractivity contribution is -0.137. The summed E-state index contributed by atoms with van der Waals surface area (Å²) < 4.78 is 38.7. The number of urea groups is 1. The molecule has 1 aliphatic heterocycles. The number of likely N-dealkylation sites (tertiary alicyclic amines) is 1. The average molecular weight is 419 g/mol. The van der Waals surface area contributed by atoms with Crippen molar-refractivity contribution in [3.8, 4) is 0 Å². The van der Waals surface area contributed by atoms with Gasteiger partial charge in [0.15, 0.2) is 0 Å². The molecular formula is C22H24F3N3O2. The molecule has 0 radical (unpaired) electrons. The maximum atomic E-state index is 12.9. The van der Waals surface area contributed by atoms with E-state index in [1.165, 1.54) is 6.07 Å². The van der Waals surface area contributed by atoms with Crippen molar-refractivity contribution in [2.45, 2.75) is 38.0 Å². The van der Waals surface area contributed by atoms with Gasteiger partial charge in [0.05, 0.1) is 11.6 Å². The van der Waals surface area contributed by atoms with Gasteiger partial charge in [-0.15, -0.1) is 0 Å². The Morgan fingerprint density at radius 1 is 1.03 bits per heavy atom. The van der Waals surface area contributed by atoms with Crippen molar-refractivity contribution >= 4 is 11.9 Å². The molecule has 5 nitrogen and oxygen atoms in total. The van der Waals surface area contributed by atoms with Crippen LogP contribution in [-0.2, 0) is 6.18 Å². The number of alkyl halides is 3. The number of carbonyl (C=O) groups excluding carboxylic acids is 2. The fourth-order valence-corrected chi connectivity index (χ4v) is 3.43. The lowest BCUT2D eigenvalue weighted by atomic mass is 10.0. The fraction of sp³-hybridized carbons (Fsp3) is 0.364. The SMILES string of the molecule is CC(NC(=O)N1CCC(NC(=O)c2ccccc2)CC1)c1cccc(C(F)(F)F)c1. The first-order chi connectivity index (χ1) is 14.2. The lowest BCUT2D eigenvalue weighted by Gasteiger charge is -2.33. The van der Waals surface area contributed by atoms with Gasteiger partial charge < -0.3 is 15.5 Å². The van der Waals surface area contributed by atoms with Crippen molar-refractivity contribution in [3.63, 3.8) is 0 Å². The monoisotopic (exact) mass is 419 g/mol. The molecular weight excluding hydrogens is 395 g/mol. The van der Waals surface area contributed by atoms with Crippen LogP contribution in [-0.4, -0.2) is 36.0 Å². The van der Waals surface area contributed by atoms with Crippen molar-refractivity contribution in [2.24, 2.45) is 0 Å². The second kappa shape index (κ2) is 9.19. The fourth-order valence-electron chi connectivity index (χ4n) is 3.43. The highest BCUT2D eigenvalue weighted by molar-refractivity contribution is 5.94. The molecule has 1 atom stereocenters. The molecule has 0 spiro atoms. The minimum atomic E-state index is -4.42. The quantitative estimate of drug-likeness (QED) is 0.773.